The van der Waals surface area contributed by atoms with Crippen LogP contribution in [0.2, 0.25) is 0 Å². The number of likely N-dealkylation sites (tertiary alicyclic amines) is 1. The van der Waals surface area contributed by atoms with Crippen LogP contribution in [0.3, 0.4) is 0 Å². The van der Waals surface area contributed by atoms with Crippen molar-refractivity contribution in [2.24, 2.45) is 0 Å². The highest BCUT2D eigenvalue weighted by molar-refractivity contribution is 6.31. The standard InChI is InChI=1S/C10H16N2O5/c1-11-6-9(15)3-4-12(2)10(5-9)16-7(13)8(14)17-10/h11,15H,3-6H2,1-2H3. The molecule has 0 aliphatic carbocycles. The highest BCUT2D eigenvalue weighted by atomic mass is 16.8. The van der Waals surface area contributed by atoms with Crippen molar-refractivity contribution in [2.75, 3.05) is 27.2 Å². The van der Waals surface area contributed by atoms with E-state index in [9.17, 15) is 14.7 Å². The van der Waals surface area contributed by atoms with Crippen molar-refractivity contribution in [1.29, 1.82) is 0 Å². The number of esters is 2. The van der Waals surface area contributed by atoms with Crippen molar-refractivity contribution in [3.8, 4) is 0 Å². The Hall–Kier alpha value is -1.18. The number of ether oxygens (including phenoxy) is 2. The van der Waals surface area contributed by atoms with E-state index in [1.54, 1.807) is 19.0 Å². The number of hydrogen-bond acceptors (Lipinski definition) is 7. The Morgan fingerprint density at radius 3 is 2.53 bits per heavy atom. The van der Waals surface area contributed by atoms with Gasteiger partial charge >= 0.3 is 17.8 Å². The van der Waals surface area contributed by atoms with Gasteiger partial charge in [-0.3, -0.25) is 0 Å². The second-order valence-corrected chi connectivity index (χ2v) is 4.59. The molecule has 2 aliphatic rings. The average Bonchev–Trinajstić information content (AvgIpc) is 2.50. The maximum Gasteiger partial charge on any atom is 0.421 e. The third-order valence-electron chi connectivity index (χ3n) is 3.22. The predicted molar refractivity (Wildman–Crippen MR) is 55.7 cm³/mol. The number of nitrogens with one attached hydrogen (secondary N) is 1. The zero-order valence-electron chi connectivity index (χ0n) is 9.86. The minimum absolute atomic E-state index is 0.0504. The first kappa shape index (κ1) is 12.3. The Morgan fingerprint density at radius 2 is 2.00 bits per heavy atom. The molecule has 1 atom stereocenters. The zero-order valence-corrected chi connectivity index (χ0v) is 9.86. The molecular weight excluding hydrogens is 228 g/mol. The number of rotatable bonds is 2. The van der Waals surface area contributed by atoms with Gasteiger partial charge in [-0.1, -0.05) is 0 Å². The summed E-state index contributed by atoms with van der Waals surface area (Å²) < 4.78 is 9.97. The molecule has 17 heavy (non-hydrogen) atoms. The molecule has 1 spiro atoms. The van der Waals surface area contributed by atoms with Crippen LogP contribution < -0.4 is 5.32 Å². The van der Waals surface area contributed by atoms with Gasteiger partial charge < -0.3 is 19.9 Å². The molecule has 2 saturated heterocycles. The Labute approximate surface area is 98.7 Å². The van der Waals surface area contributed by atoms with E-state index >= 15 is 0 Å². The van der Waals surface area contributed by atoms with Crippen LogP contribution in [0.5, 0.6) is 0 Å². The fourth-order valence-electron chi connectivity index (χ4n) is 2.29. The lowest BCUT2D eigenvalue weighted by Gasteiger charge is -2.45. The molecular formula is C10H16N2O5. The zero-order chi connectivity index (χ0) is 12.7. The van der Waals surface area contributed by atoms with Gasteiger partial charge in [-0.25, -0.2) is 14.5 Å². The van der Waals surface area contributed by atoms with Gasteiger partial charge in [0.25, 0.3) is 0 Å². The van der Waals surface area contributed by atoms with Crippen molar-refractivity contribution in [3.05, 3.63) is 0 Å². The quantitative estimate of drug-likeness (QED) is 0.447. The Bertz CT molecular complexity index is 343. The van der Waals surface area contributed by atoms with Crippen molar-refractivity contribution in [2.45, 2.75) is 24.4 Å². The second-order valence-electron chi connectivity index (χ2n) is 4.59. The van der Waals surface area contributed by atoms with Crippen LogP contribution >= 0.6 is 0 Å². The van der Waals surface area contributed by atoms with Crippen LogP contribution in [0.1, 0.15) is 12.8 Å². The first-order chi connectivity index (χ1) is 7.91. The number of carbonyl (C=O) groups is 2. The van der Waals surface area contributed by atoms with Crippen LogP contribution in [0.15, 0.2) is 0 Å². The van der Waals surface area contributed by atoms with Gasteiger partial charge in [0.05, 0.1) is 12.0 Å². The van der Waals surface area contributed by atoms with Crippen molar-refractivity contribution in [3.63, 3.8) is 0 Å². The maximum absolute atomic E-state index is 11.1. The first-order valence-corrected chi connectivity index (χ1v) is 5.45. The van der Waals surface area contributed by atoms with Gasteiger partial charge in [0.2, 0.25) is 0 Å². The molecule has 2 aliphatic heterocycles. The third kappa shape index (κ3) is 2.01. The van der Waals surface area contributed by atoms with E-state index < -0.39 is 23.5 Å². The molecule has 0 bridgehead atoms. The molecule has 0 amide bonds. The first-order valence-electron chi connectivity index (χ1n) is 5.45. The highest BCUT2D eigenvalue weighted by Crippen LogP contribution is 2.38. The molecule has 7 heteroatoms. The van der Waals surface area contributed by atoms with Gasteiger partial charge in [0.1, 0.15) is 0 Å². The number of hydrogen-bond donors (Lipinski definition) is 2. The lowest BCUT2D eigenvalue weighted by atomic mass is 9.89. The molecule has 0 aromatic carbocycles. The SMILES string of the molecule is CNCC1(O)CCN(C)C2(C1)OC(=O)C(=O)O2. The minimum Gasteiger partial charge on any atom is -0.400 e. The van der Waals surface area contributed by atoms with Gasteiger partial charge in [-0.2, -0.15) is 0 Å². The van der Waals surface area contributed by atoms with Gasteiger partial charge in [0.15, 0.2) is 0 Å². The van der Waals surface area contributed by atoms with Crippen LogP contribution in [-0.4, -0.2) is 60.6 Å². The van der Waals surface area contributed by atoms with Crippen LogP contribution in [0, 0.1) is 0 Å². The van der Waals surface area contributed by atoms with Crippen LogP contribution in [0.25, 0.3) is 0 Å². The summed E-state index contributed by atoms with van der Waals surface area (Å²) in [4.78, 5) is 23.9. The Kier molecular flexibility index (Phi) is 2.84. The van der Waals surface area contributed by atoms with Crippen LogP contribution in [0.4, 0.5) is 0 Å². The number of nitrogens with zero attached hydrogens (tertiary/aromatic N) is 1. The molecule has 0 aromatic heterocycles. The molecule has 2 rings (SSSR count). The molecule has 2 fully saturated rings. The van der Waals surface area contributed by atoms with E-state index in [4.69, 9.17) is 9.47 Å². The number of likely N-dealkylation sites (N-methyl/N-ethyl adjacent to an activating group) is 1. The molecule has 2 heterocycles. The summed E-state index contributed by atoms with van der Waals surface area (Å²) in [6.45, 7) is 0.816. The van der Waals surface area contributed by atoms with Gasteiger partial charge in [-0.05, 0) is 20.5 Å². The van der Waals surface area contributed by atoms with E-state index in [0.717, 1.165) is 0 Å². The van der Waals surface area contributed by atoms with Crippen molar-refractivity contribution >= 4 is 11.9 Å². The fourth-order valence-corrected chi connectivity index (χ4v) is 2.29. The van der Waals surface area contributed by atoms with E-state index in [2.05, 4.69) is 5.32 Å². The van der Waals surface area contributed by atoms with E-state index in [-0.39, 0.29) is 6.42 Å². The van der Waals surface area contributed by atoms with Gasteiger partial charge in [0, 0.05) is 13.1 Å². The molecule has 1 unspecified atom stereocenters. The monoisotopic (exact) mass is 244 g/mol. The maximum atomic E-state index is 11.1. The Balaban J connectivity index is 2.21. The number of aliphatic hydroxyl groups is 1. The van der Waals surface area contributed by atoms with E-state index in [1.807, 2.05) is 0 Å². The molecule has 0 radical (unpaired) electrons. The second kappa shape index (κ2) is 3.94. The summed E-state index contributed by atoms with van der Waals surface area (Å²) in [5.74, 6) is -3.46. The summed E-state index contributed by atoms with van der Waals surface area (Å²) in [5.41, 5.74) is -1.05. The average molecular weight is 244 g/mol. The van der Waals surface area contributed by atoms with Crippen molar-refractivity contribution < 1.29 is 24.2 Å². The lowest BCUT2D eigenvalue weighted by molar-refractivity contribution is -0.283. The third-order valence-corrected chi connectivity index (χ3v) is 3.22. The fraction of sp³-hybridized carbons (Fsp3) is 0.800. The van der Waals surface area contributed by atoms with Crippen LogP contribution in [-0.2, 0) is 19.1 Å². The van der Waals surface area contributed by atoms with E-state index in [0.29, 0.717) is 19.5 Å². The number of piperidine rings is 1. The summed E-state index contributed by atoms with van der Waals surface area (Å²) in [5, 5.41) is 13.2. The predicted octanol–water partition coefficient (Wildman–Crippen LogP) is -1.58. The topological polar surface area (TPSA) is 88.1 Å². The number of carbonyl (C=O) groups excluding carboxylic acids is 2. The largest absolute Gasteiger partial charge is 0.421 e. The summed E-state index contributed by atoms with van der Waals surface area (Å²) in [7, 11) is 3.40. The molecule has 2 N–H and O–H groups in total. The van der Waals surface area contributed by atoms with E-state index in [1.165, 1.54) is 0 Å². The molecule has 96 valence electrons. The molecule has 0 aromatic rings. The normalized spacial score (nSPS) is 32.6. The minimum atomic E-state index is -1.45. The highest BCUT2D eigenvalue weighted by Gasteiger charge is 2.58. The summed E-state index contributed by atoms with van der Waals surface area (Å²) >= 11 is 0. The Morgan fingerprint density at radius 1 is 1.41 bits per heavy atom. The van der Waals surface area contributed by atoms with Gasteiger partial charge in [-0.15, -0.1) is 0 Å². The lowest BCUT2D eigenvalue weighted by Crippen LogP contribution is -2.61. The molecule has 0 saturated carbocycles. The summed E-state index contributed by atoms with van der Waals surface area (Å²) in [6.07, 6.45) is 0.565. The smallest absolute Gasteiger partial charge is 0.400 e. The molecule has 7 nitrogen and oxygen atoms in total. The van der Waals surface area contributed by atoms with Crippen molar-refractivity contribution in [1.82, 2.24) is 10.2 Å². The summed E-state index contributed by atoms with van der Waals surface area (Å²) in [6, 6.07) is 0.